The Morgan fingerprint density at radius 1 is 1.21 bits per heavy atom. The van der Waals surface area contributed by atoms with Gasteiger partial charge in [-0.3, -0.25) is 0 Å². The zero-order valence-electron chi connectivity index (χ0n) is 13.5. The van der Waals surface area contributed by atoms with Crippen LogP contribution in [0.1, 0.15) is 5.56 Å². The molecule has 0 fully saturated rings. The Balaban J connectivity index is 1.94. The number of likely N-dealkylation sites (N-methyl/N-ethyl adjacent to an activating group) is 1. The van der Waals surface area contributed by atoms with E-state index in [0.717, 1.165) is 9.87 Å². The molecule has 130 valence electrons. The summed E-state index contributed by atoms with van der Waals surface area (Å²) in [6.07, 6.45) is -0.954. The zero-order chi connectivity index (χ0) is 17.7. The van der Waals surface area contributed by atoms with Crippen LogP contribution in [-0.4, -0.2) is 44.1 Å². The Hall–Kier alpha value is -1.60. The summed E-state index contributed by atoms with van der Waals surface area (Å²) >= 11 is 5.94. The Morgan fingerprint density at radius 3 is 2.50 bits per heavy atom. The first-order valence-electron chi connectivity index (χ1n) is 7.39. The Bertz CT molecular complexity index is 780. The molecule has 2 aromatic carbocycles. The van der Waals surface area contributed by atoms with Crippen LogP contribution in [0.4, 0.5) is 0 Å². The molecule has 2 aromatic rings. The number of nitrogens with zero attached hydrogens (tertiary/aromatic N) is 1. The summed E-state index contributed by atoms with van der Waals surface area (Å²) in [6, 6.07) is 13.3. The fourth-order valence-electron chi connectivity index (χ4n) is 2.12. The summed E-state index contributed by atoms with van der Waals surface area (Å²) in [4.78, 5) is 0.189. The van der Waals surface area contributed by atoms with Gasteiger partial charge >= 0.3 is 0 Å². The van der Waals surface area contributed by atoms with Crippen LogP contribution in [0.2, 0.25) is 5.02 Å². The minimum absolute atomic E-state index is 0.0181. The van der Waals surface area contributed by atoms with Gasteiger partial charge in [0.05, 0.1) is 4.90 Å². The molecule has 0 aliphatic rings. The molecule has 0 bridgehead atoms. The second kappa shape index (κ2) is 7.98. The molecule has 0 saturated heterocycles. The predicted molar refractivity (Wildman–Crippen MR) is 93.9 cm³/mol. The van der Waals surface area contributed by atoms with Crippen LogP contribution in [0, 0.1) is 6.92 Å². The highest BCUT2D eigenvalue weighted by atomic mass is 35.5. The second-order valence-corrected chi connectivity index (χ2v) is 7.93. The SMILES string of the molecule is Cc1cc(OC[C@@H](O)CN(C)S(=O)(=O)c2ccccc2)ccc1Cl. The van der Waals surface area contributed by atoms with E-state index in [2.05, 4.69) is 0 Å². The van der Waals surface area contributed by atoms with Gasteiger partial charge in [0.2, 0.25) is 10.0 Å². The maximum absolute atomic E-state index is 12.4. The quantitative estimate of drug-likeness (QED) is 0.814. The lowest BCUT2D eigenvalue weighted by Gasteiger charge is -2.21. The highest BCUT2D eigenvalue weighted by molar-refractivity contribution is 7.89. The Kier molecular flexibility index (Phi) is 6.23. The average molecular weight is 370 g/mol. The van der Waals surface area contributed by atoms with Crippen molar-refractivity contribution in [3.05, 3.63) is 59.1 Å². The average Bonchev–Trinajstić information content (AvgIpc) is 2.56. The molecule has 1 N–H and O–H groups in total. The van der Waals surface area contributed by atoms with Gasteiger partial charge in [-0.15, -0.1) is 0 Å². The molecule has 0 heterocycles. The van der Waals surface area contributed by atoms with Crippen molar-refractivity contribution in [3.8, 4) is 5.75 Å². The highest BCUT2D eigenvalue weighted by Gasteiger charge is 2.23. The van der Waals surface area contributed by atoms with E-state index in [1.807, 2.05) is 6.92 Å². The van der Waals surface area contributed by atoms with Crippen LogP contribution < -0.4 is 4.74 Å². The van der Waals surface area contributed by atoms with Gasteiger partial charge in [-0.25, -0.2) is 8.42 Å². The number of aryl methyl sites for hydroxylation is 1. The van der Waals surface area contributed by atoms with Crippen molar-refractivity contribution in [2.45, 2.75) is 17.9 Å². The van der Waals surface area contributed by atoms with Gasteiger partial charge in [0.1, 0.15) is 18.5 Å². The number of sulfonamides is 1. The minimum atomic E-state index is -3.63. The summed E-state index contributed by atoms with van der Waals surface area (Å²) in [5.74, 6) is 0.574. The van der Waals surface area contributed by atoms with E-state index in [4.69, 9.17) is 16.3 Å². The number of aliphatic hydroxyl groups excluding tert-OH is 1. The van der Waals surface area contributed by atoms with E-state index in [1.165, 1.54) is 19.2 Å². The van der Waals surface area contributed by atoms with Gasteiger partial charge in [-0.05, 0) is 42.8 Å². The first-order valence-corrected chi connectivity index (χ1v) is 9.21. The summed E-state index contributed by atoms with van der Waals surface area (Å²) < 4.78 is 31.4. The summed E-state index contributed by atoms with van der Waals surface area (Å²) in [7, 11) is -2.20. The molecule has 1 atom stereocenters. The van der Waals surface area contributed by atoms with E-state index in [-0.39, 0.29) is 18.0 Å². The van der Waals surface area contributed by atoms with E-state index < -0.39 is 16.1 Å². The largest absolute Gasteiger partial charge is 0.491 e. The van der Waals surface area contributed by atoms with Gasteiger partial charge in [0.25, 0.3) is 0 Å². The Morgan fingerprint density at radius 2 is 1.88 bits per heavy atom. The van der Waals surface area contributed by atoms with Crippen LogP contribution in [0.3, 0.4) is 0 Å². The first-order chi connectivity index (χ1) is 11.3. The van der Waals surface area contributed by atoms with E-state index in [1.54, 1.807) is 36.4 Å². The topological polar surface area (TPSA) is 66.8 Å². The first kappa shape index (κ1) is 18.7. The van der Waals surface area contributed by atoms with Crippen LogP contribution in [0.25, 0.3) is 0 Å². The van der Waals surface area contributed by atoms with Crippen LogP contribution in [-0.2, 0) is 10.0 Å². The lowest BCUT2D eigenvalue weighted by atomic mass is 10.2. The molecule has 24 heavy (non-hydrogen) atoms. The molecule has 0 spiro atoms. The molecular weight excluding hydrogens is 350 g/mol. The van der Waals surface area contributed by atoms with Gasteiger partial charge in [0.15, 0.2) is 0 Å². The van der Waals surface area contributed by atoms with Crippen molar-refractivity contribution in [1.82, 2.24) is 4.31 Å². The number of halogens is 1. The van der Waals surface area contributed by atoms with Crippen molar-refractivity contribution < 1.29 is 18.3 Å². The fraction of sp³-hybridized carbons (Fsp3) is 0.294. The second-order valence-electron chi connectivity index (χ2n) is 5.47. The standard InChI is InChI=1S/C17H20ClNO4S/c1-13-10-15(8-9-17(13)18)23-12-14(20)11-19(2)24(21,22)16-6-4-3-5-7-16/h3-10,14,20H,11-12H2,1-2H3/t14-/m0/s1. The highest BCUT2D eigenvalue weighted by Crippen LogP contribution is 2.21. The zero-order valence-corrected chi connectivity index (χ0v) is 15.1. The third-order valence-electron chi connectivity index (χ3n) is 3.49. The lowest BCUT2D eigenvalue weighted by Crippen LogP contribution is -2.37. The molecule has 0 amide bonds. The molecule has 0 aliphatic carbocycles. The third kappa shape index (κ3) is 4.70. The van der Waals surface area contributed by atoms with Crippen molar-refractivity contribution in [2.24, 2.45) is 0 Å². The molecule has 0 unspecified atom stereocenters. The van der Waals surface area contributed by atoms with Crippen LogP contribution >= 0.6 is 11.6 Å². The van der Waals surface area contributed by atoms with E-state index in [0.29, 0.717) is 10.8 Å². The maximum atomic E-state index is 12.4. The molecular formula is C17H20ClNO4S. The van der Waals surface area contributed by atoms with Gasteiger partial charge < -0.3 is 9.84 Å². The van der Waals surface area contributed by atoms with Crippen LogP contribution in [0.5, 0.6) is 5.75 Å². The molecule has 7 heteroatoms. The summed E-state index contributed by atoms with van der Waals surface area (Å²) in [6.45, 7) is 1.77. The molecule has 0 aliphatic heterocycles. The summed E-state index contributed by atoms with van der Waals surface area (Å²) in [5.41, 5.74) is 0.868. The monoisotopic (exact) mass is 369 g/mol. The number of hydrogen-bond donors (Lipinski definition) is 1. The minimum Gasteiger partial charge on any atom is -0.491 e. The van der Waals surface area contributed by atoms with Crippen molar-refractivity contribution in [2.75, 3.05) is 20.2 Å². The normalized spacial score (nSPS) is 13.0. The summed E-state index contributed by atoms with van der Waals surface area (Å²) in [5, 5.41) is 10.7. The van der Waals surface area contributed by atoms with Gasteiger partial charge in [0, 0.05) is 18.6 Å². The van der Waals surface area contributed by atoms with Gasteiger partial charge in [-0.1, -0.05) is 29.8 Å². The molecule has 0 radical (unpaired) electrons. The fourth-order valence-corrected chi connectivity index (χ4v) is 3.47. The van der Waals surface area contributed by atoms with Crippen LogP contribution in [0.15, 0.2) is 53.4 Å². The van der Waals surface area contributed by atoms with Crippen molar-refractivity contribution in [3.63, 3.8) is 0 Å². The van der Waals surface area contributed by atoms with E-state index >= 15 is 0 Å². The molecule has 0 saturated carbocycles. The van der Waals surface area contributed by atoms with Crippen molar-refractivity contribution in [1.29, 1.82) is 0 Å². The number of benzene rings is 2. The smallest absolute Gasteiger partial charge is 0.242 e. The number of hydrogen-bond acceptors (Lipinski definition) is 4. The molecule has 5 nitrogen and oxygen atoms in total. The lowest BCUT2D eigenvalue weighted by molar-refractivity contribution is 0.0935. The third-order valence-corrected chi connectivity index (χ3v) is 5.75. The van der Waals surface area contributed by atoms with Gasteiger partial charge in [-0.2, -0.15) is 4.31 Å². The van der Waals surface area contributed by atoms with E-state index in [9.17, 15) is 13.5 Å². The number of aliphatic hydroxyl groups is 1. The Labute approximate surface area is 147 Å². The maximum Gasteiger partial charge on any atom is 0.242 e. The number of ether oxygens (including phenoxy) is 1. The predicted octanol–water partition coefficient (Wildman–Crippen LogP) is 2.71. The van der Waals surface area contributed by atoms with Crippen molar-refractivity contribution >= 4 is 21.6 Å². The molecule has 2 rings (SSSR count). The molecule has 0 aromatic heterocycles. The number of rotatable bonds is 7.